The smallest absolute Gasteiger partial charge is 0.410 e. The van der Waals surface area contributed by atoms with E-state index in [0.29, 0.717) is 32.1 Å². The van der Waals surface area contributed by atoms with Crippen LogP contribution in [0.25, 0.3) is 0 Å². The highest BCUT2D eigenvalue weighted by molar-refractivity contribution is 5.82. The molecule has 1 N–H and O–H groups in total. The summed E-state index contributed by atoms with van der Waals surface area (Å²) in [6, 6.07) is 1.77. The fourth-order valence-corrected chi connectivity index (χ4v) is 3.69. The van der Waals surface area contributed by atoms with Crippen LogP contribution < -0.4 is 5.32 Å². The summed E-state index contributed by atoms with van der Waals surface area (Å²) in [5, 5.41) is 11.4. The van der Waals surface area contributed by atoms with Gasteiger partial charge in [0.15, 0.2) is 0 Å². The highest BCUT2D eigenvalue weighted by Gasteiger charge is 2.37. The average molecular weight is 350 g/mol. The van der Waals surface area contributed by atoms with Crippen molar-refractivity contribution in [1.29, 1.82) is 5.26 Å². The van der Waals surface area contributed by atoms with E-state index in [1.54, 1.807) is 4.90 Å². The van der Waals surface area contributed by atoms with E-state index in [0.717, 1.165) is 25.7 Å². The van der Waals surface area contributed by atoms with Gasteiger partial charge in [-0.1, -0.05) is 12.8 Å². The van der Waals surface area contributed by atoms with Crippen molar-refractivity contribution in [2.24, 2.45) is 5.92 Å². The Morgan fingerprint density at radius 2 is 1.80 bits per heavy atom. The monoisotopic (exact) mass is 350 g/mol. The number of nitrogens with one attached hydrogen (secondary N) is 1. The second-order valence-electron chi connectivity index (χ2n) is 7.87. The number of nitrogens with zero attached hydrogens (tertiary/aromatic N) is 3. The molecular weight excluding hydrogens is 320 g/mol. The van der Waals surface area contributed by atoms with E-state index in [1.165, 1.54) is 0 Å². The van der Waals surface area contributed by atoms with Crippen LogP contribution in [0, 0.1) is 17.2 Å². The highest BCUT2D eigenvalue weighted by atomic mass is 16.6. The summed E-state index contributed by atoms with van der Waals surface area (Å²) in [4.78, 5) is 28.7. The van der Waals surface area contributed by atoms with Crippen molar-refractivity contribution in [3.8, 4) is 6.07 Å². The minimum absolute atomic E-state index is 0.0416. The first-order valence-electron chi connectivity index (χ1n) is 9.18. The zero-order valence-electron chi connectivity index (χ0n) is 15.6. The molecule has 0 aromatic carbocycles. The Morgan fingerprint density at radius 3 is 2.32 bits per heavy atom. The van der Waals surface area contributed by atoms with Crippen LogP contribution in [0.3, 0.4) is 0 Å². The standard InChI is InChI=1S/C18H30N4O3/c1-18(2,3)25-17(24)22-12-10-21(11-13-22)15(14-6-4-5-7-14)16(23)20-9-8-19/h14-15H,4-7,9-13H2,1-3H3,(H,20,23). The third kappa shape index (κ3) is 5.60. The van der Waals surface area contributed by atoms with Gasteiger partial charge >= 0.3 is 6.09 Å². The summed E-state index contributed by atoms with van der Waals surface area (Å²) < 4.78 is 5.43. The number of ether oxygens (including phenoxy) is 1. The zero-order valence-corrected chi connectivity index (χ0v) is 15.6. The Balaban J connectivity index is 1.95. The lowest BCUT2D eigenvalue weighted by molar-refractivity contribution is -0.129. The van der Waals surface area contributed by atoms with Crippen molar-refractivity contribution in [3.63, 3.8) is 0 Å². The summed E-state index contributed by atoms with van der Waals surface area (Å²) in [6.45, 7) is 8.04. The van der Waals surface area contributed by atoms with Crippen LogP contribution in [-0.2, 0) is 9.53 Å². The van der Waals surface area contributed by atoms with E-state index in [-0.39, 0.29) is 24.6 Å². The molecule has 7 nitrogen and oxygen atoms in total. The topological polar surface area (TPSA) is 85.7 Å². The molecule has 1 aliphatic carbocycles. The number of amides is 2. The van der Waals surface area contributed by atoms with Gasteiger partial charge in [0.25, 0.3) is 0 Å². The first kappa shape index (κ1) is 19.5. The third-order valence-electron chi connectivity index (χ3n) is 4.82. The van der Waals surface area contributed by atoms with Crippen LogP contribution in [0.4, 0.5) is 4.79 Å². The van der Waals surface area contributed by atoms with E-state index in [1.807, 2.05) is 26.8 Å². The van der Waals surface area contributed by atoms with Gasteiger partial charge in [0, 0.05) is 26.2 Å². The number of rotatable bonds is 4. The third-order valence-corrected chi connectivity index (χ3v) is 4.82. The molecule has 0 bridgehead atoms. The van der Waals surface area contributed by atoms with Crippen molar-refractivity contribution >= 4 is 12.0 Å². The van der Waals surface area contributed by atoms with Crippen molar-refractivity contribution < 1.29 is 14.3 Å². The van der Waals surface area contributed by atoms with Crippen LogP contribution in [0.1, 0.15) is 46.5 Å². The maximum Gasteiger partial charge on any atom is 0.410 e. The molecule has 1 saturated carbocycles. The second-order valence-corrected chi connectivity index (χ2v) is 7.87. The normalized spacial score (nSPS) is 20.8. The number of nitriles is 1. The van der Waals surface area contributed by atoms with Crippen molar-refractivity contribution in [2.45, 2.75) is 58.1 Å². The van der Waals surface area contributed by atoms with Gasteiger partial charge < -0.3 is 15.0 Å². The first-order chi connectivity index (χ1) is 11.8. The van der Waals surface area contributed by atoms with Crippen LogP contribution in [0.15, 0.2) is 0 Å². The van der Waals surface area contributed by atoms with Gasteiger partial charge in [-0.25, -0.2) is 4.79 Å². The summed E-state index contributed by atoms with van der Waals surface area (Å²) >= 11 is 0. The Labute approximate surface area is 150 Å². The van der Waals surface area contributed by atoms with E-state index < -0.39 is 5.60 Å². The van der Waals surface area contributed by atoms with Gasteiger partial charge in [0.1, 0.15) is 12.1 Å². The van der Waals surface area contributed by atoms with Crippen molar-refractivity contribution in [3.05, 3.63) is 0 Å². The van der Waals surface area contributed by atoms with Gasteiger partial charge in [-0.15, -0.1) is 0 Å². The molecular formula is C18H30N4O3. The molecule has 1 heterocycles. The molecule has 7 heteroatoms. The summed E-state index contributed by atoms with van der Waals surface area (Å²) in [5.41, 5.74) is -0.502. The van der Waals surface area contributed by atoms with Crippen molar-refractivity contribution in [1.82, 2.24) is 15.1 Å². The Morgan fingerprint density at radius 1 is 1.20 bits per heavy atom. The molecule has 25 heavy (non-hydrogen) atoms. The van der Waals surface area contributed by atoms with E-state index in [4.69, 9.17) is 10.00 Å². The summed E-state index contributed by atoms with van der Waals surface area (Å²) in [5.74, 6) is 0.283. The first-order valence-corrected chi connectivity index (χ1v) is 9.18. The molecule has 0 radical (unpaired) electrons. The van der Waals surface area contributed by atoms with Gasteiger partial charge in [0.05, 0.1) is 12.1 Å². The number of piperazine rings is 1. The van der Waals surface area contributed by atoms with E-state index >= 15 is 0 Å². The average Bonchev–Trinajstić information content (AvgIpc) is 3.06. The van der Waals surface area contributed by atoms with Crippen LogP contribution in [-0.4, -0.2) is 66.2 Å². The molecule has 2 aliphatic rings. The summed E-state index contributed by atoms with van der Waals surface area (Å²) in [7, 11) is 0. The molecule has 2 amide bonds. The lowest BCUT2D eigenvalue weighted by Crippen LogP contribution is -2.58. The largest absolute Gasteiger partial charge is 0.444 e. The molecule has 2 rings (SSSR count). The predicted octanol–water partition coefficient (Wildman–Crippen LogP) is 1.74. The Kier molecular flexibility index (Phi) is 6.65. The summed E-state index contributed by atoms with van der Waals surface area (Å²) in [6.07, 6.45) is 4.13. The van der Waals surface area contributed by atoms with E-state index in [2.05, 4.69) is 10.2 Å². The molecule has 0 aromatic heterocycles. The number of carbonyl (C=O) groups is 2. The Bertz CT molecular complexity index is 509. The van der Waals surface area contributed by atoms with Crippen LogP contribution in [0.2, 0.25) is 0 Å². The zero-order chi connectivity index (χ0) is 18.4. The number of hydrogen-bond donors (Lipinski definition) is 1. The lowest BCUT2D eigenvalue weighted by Gasteiger charge is -2.40. The molecule has 1 unspecified atom stereocenters. The minimum Gasteiger partial charge on any atom is -0.444 e. The minimum atomic E-state index is -0.502. The number of carbonyl (C=O) groups excluding carboxylic acids is 2. The molecule has 140 valence electrons. The molecule has 0 spiro atoms. The van der Waals surface area contributed by atoms with Gasteiger partial charge in [0.2, 0.25) is 5.91 Å². The highest BCUT2D eigenvalue weighted by Crippen LogP contribution is 2.31. The number of hydrogen-bond acceptors (Lipinski definition) is 5. The molecule has 2 fully saturated rings. The van der Waals surface area contributed by atoms with Gasteiger partial charge in [-0.3, -0.25) is 9.69 Å². The maximum atomic E-state index is 12.6. The molecule has 1 atom stereocenters. The molecule has 1 saturated heterocycles. The lowest BCUT2D eigenvalue weighted by atomic mass is 9.95. The quantitative estimate of drug-likeness (QED) is 0.781. The maximum absolute atomic E-state index is 12.6. The van der Waals surface area contributed by atoms with Crippen molar-refractivity contribution in [2.75, 3.05) is 32.7 Å². The van der Waals surface area contributed by atoms with Gasteiger partial charge in [-0.2, -0.15) is 5.26 Å². The molecule has 0 aromatic rings. The second kappa shape index (κ2) is 8.52. The fraction of sp³-hybridized carbons (Fsp3) is 0.833. The van der Waals surface area contributed by atoms with Crippen LogP contribution >= 0.6 is 0 Å². The van der Waals surface area contributed by atoms with E-state index in [9.17, 15) is 9.59 Å². The molecule has 1 aliphatic heterocycles. The van der Waals surface area contributed by atoms with Crippen LogP contribution in [0.5, 0.6) is 0 Å². The Hall–Kier alpha value is -1.81. The van der Waals surface area contributed by atoms with Gasteiger partial charge in [-0.05, 0) is 39.5 Å². The predicted molar refractivity (Wildman–Crippen MR) is 93.7 cm³/mol. The SMILES string of the molecule is CC(C)(C)OC(=O)N1CCN(C(C(=O)NCC#N)C2CCCC2)CC1. The fourth-order valence-electron chi connectivity index (χ4n) is 3.69.